The van der Waals surface area contributed by atoms with Gasteiger partial charge in [-0.1, -0.05) is 12.1 Å². The Hall–Kier alpha value is -2.69. The summed E-state index contributed by atoms with van der Waals surface area (Å²) in [5, 5.41) is 12.5. The monoisotopic (exact) mass is 240 g/mol. The van der Waals surface area contributed by atoms with Crippen molar-refractivity contribution in [2.75, 3.05) is 0 Å². The molecule has 3 rings (SSSR count). The van der Waals surface area contributed by atoms with Gasteiger partial charge >= 0.3 is 0 Å². The van der Waals surface area contributed by atoms with Crippen molar-refractivity contribution < 1.29 is 4.92 Å². The summed E-state index contributed by atoms with van der Waals surface area (Å²) in [7, 11) is 0. The highest BCUT2D eigenvalue weighted by Crippen LogP contribution is 2.27. The van der Waals surface area contributed by atoms with Gasteiger partial charge in [-0.3, -0.25) is 14.9 Å². The van der Waals surface area contributed by atoms with Crippen LogP contribution in [0.5, 0.6) is 0 Å². The topological polar surface area (TPSA) is 76.0 Å². The van der Waals surface area contributed by atoms with Crippen LogP contribution in [0.3, 0.4) is 0 Å². The van der Waals surface area contributed by atoms with Gasteiger partial charge in [0.05, 0.1) is 21.2 Å². The summed E-state index contributed by atoms with van der Waals surface area (Å²) in [5.41, 5.74) is 0.358. The van der Waals surface area contributed by atoms with Gasteiger partial charge < -0.3 is 4.98 Å². The minimum atomic E-state index is -0.476. The van der Waals surface area contributed by atoms with Crippen LogP contribution in [0.15, 0.2) is 47.4 Å². The summed E-state index contributed by atoms with van der Waals surface area (Å²) >= 11 is 0. The first-order chi connectivity index (χ1) is 8.68. The number of pyridine rings is 1. The van der Waals surface area contributed by atoms with Crippen molar-refractivity contribution in [2.24, 2.45) is 0 Å². The van der Waals surface area contributed by atoms with E-state index >= 15 is 0 Å². The average molecular weight is 240 g/mol. The zero-order chi connectivity index (χ0) is 12.7. The lowest BCUT2D eigenvalue weighted by Gasteiger charge is -2.03. The standard InChI is InChI=1S/C13H8N2O3/c16-11-6-5-10(15(17)18)9-4-3-8-2-1-7-14-13(8)12(9)11/h1-7,14H. The zero-order valence-corrected chi connectivity index (χ0v) is 9.21. The van der Waals surface area contributed by atoms with Gasteiger partial charge in [0.1, 0.15) is 0 Å². The third-order valence-electron chi connectivity index (χ3n) is 2.95. The lowest BCUT2D eigenvalue weighted by atomic mass is 10.0. The second-order valence-corrected chi connectivity index (χ2v) is 3.96. The Morgan fingerprint density at radius 2 is 1.94 bits per heavy atom. The number of aromatic amines is 1. The largest absolute Gasteiger partial charge is 0.361 e. The Bertz CT molecular complexity index is 836. The van der Waals surface area contributed by atoms with Crippen molar-refractivity contribution in [3.05, 3.63) is 62.9 Å². The summed E-state index contributed by atoms with van der Waals surface area (Å²) in [5.74, 6) is 0. The molecule has 0 saturated carbocycles. The molecule has 0 radical (unpaired) electrons. The second-order valence-electron chi connectivity index (χ2n) is 3.96. The van der Waals surface area contributed by atoms with Gasteiger partial charge in [-0.25, -0.2) is 0 Å². The van der Waals surface area contributed by atoms with Crippen molar-refractivity contribution >= 4 is 27.4 Å². The van der Waals surface area contributed by atoms with Crippen molar-refractivity contribution in [2.45, 2.75) is 0 Å². The Morgan fingerprint density at radius 3 is 2.72 bits per heavy atom. The van der Waals surface area contributed by atoms with E-state index in [-0.39, 0.29) is 11.1 Å². The summed E-state index contributed by atoms with van der Waals surface area (Å²) in [6.07, 6.45) is 1.69. The van der Waals surface area contributed by atoms with E-state index in [0.29, 0.717) is 16.3 Å². The van der Waals surface area contributed by atoms with Crippen LogP contribution in [-0.4, -0.2) is 9.91 Å². The first kappa shape index (κ1) is 10.5. The van der Waals surface area contributed by atoms with Gasteiger partial charge in [0.25, 0.3) is 5.69 Å². The molecule has 88 valence electrons. The van der Waals surface area contributed by atoms with Crippen molar-refractivity contribution in [1.82, 2.24) is 4.98 Å². The van der Waals surface area contributed by atoms with Crippen LogP contribution in [0.1, 0.15) is 0 Å². The quantitative estimate of drug-likeness (QED) is 0.403. The summed E-state index contributed by atoms with van der Waals surface area (Å²) in [4.78, 5) is 25.4. The molecule has 2 aromatic carbocycles. The van der Waals surface area contributed by atoms with Gasteiger partial charge in [0, 0.05) is 12.3 Å². The number of non-ortho nitro benzene ring substituents is 1. The number of hydrogen-bond donors (Lipinski definition) is 1. The molecule has 0 fully saturated rings. The number of rotatable bonds is 1. The highest BCUT2D eigenvalue weighted by molar-refractivity contribution is 6.08. The van der Waals surface area contributed by atoms with Crippen molar-refractivity contribution in [3.8, 4) is 0 Å². The number of fused-ring (bicyclic) bond motifs is 3. The van der Waals surface area contributed by atoms with Crippen LogP contribution in [-0.2, 0) is 0 Å². The predicted octanol–water partition coefficient (Wildman–Crippen LogP) is 2.59. The van der Waals surface area contributed by atoms with E-state index in [2.05, 4.69) is 4.98 Å². The summed E-state index contributed by atoms with van der Waals surface area (Å²) < 4.78 is 0. The maximum atomic E-state index is 11.9. The van der Waals surface area contributed by atoms with E-state index in [9.17, 15) is 14.9 Å². The third kappa shape index (κ3) is 1.37. The Kier molecular flexibility index (Phi) is 2.13. The lowest BCUT2D eigenvalue weighted by molar-refractivity contribution is -0.383. The molecule has 1 heterocycles. The number of benzene rings is 2. The molecule has 5 heteroatoms. The van der Waals surface area contributed by atoms with E-state index in [4.69, 9.17) is 0 Å². The average Bonchev–Trinajstić information content (AvgIpc) is 2.38. The first-order valence-electron chi connectivity index (χ1n) is 5.36. The SMILES string of the molecule is O=c1ccc([N+](=O)[O-])c2ccc3ccc[nH]c3c12. The number of nitro benzene ring substituents is 1. The third-order valence-corrected chi connectivity index (χ3v) is 2.95. The predicted molar refractivity (Wildman–Crippen MR) is 68.7 cm³/mol. The molecule has 0 spiro atoms. The molecule has 0 unspecified atom stereocenters. The maximum Gasteiger partial charge on any atom is 0.277 e. The molecule has 0 aliphatic heterocycles. The van der Waals surface area contributed by atoms with Gasteiger partial charge in [-0.2, -0.15) is 0 Å². The summed E-state index contributed by atoms with van der Waals surface area (Å²) in [6.45, 7) is 0. The minimum Gasteiger partial charge on any atom is -0.361 e. The van der Waals surface area contributed by atoms with E-state index in [0.717, 1.165) is 5.39 Å². The van der Waals surface area contributed by atoms with Crippen LogP contribution in [0.2, 0.25) is 0 Å². The van der Waals surface area contributed by atoms with Gasteiger partial charge in [0.15, 0.2) is 5.43 Å². The lowest BCUT2D eigenvalue weighted by Crippen LogP contribution is -2.02. The van der Waals surface area contributed by atoms with Crippen LogP contribution >= 0.6 is 0 Å². The fraction of sp³-hybridized carbons (Fsp3) is 0. The number of H-pyrrole nitrogens is 1. The van der Waals surface area contributed by atoms with E-state index < -0.39 is 4.92 Å². The molecule has 5 nitrogen and oxygen atoms in total. The van der Waals surface area contributed by atoms with E-state index in [1.165, 1.54) is 12.1 Å². The van der Waals surface area contributed by atoms with E-state index in [1.54, 1.807) is 18.3 Å². The van der Waals surface area contributed by atoms with Crippen molar-refractivity contribution in [3.63, 3.8) is 0 Å². The van der Waals surface area contributed by atoms with Crippen LogP contribution in [0.25, 0.3) is 21.7 Å². The molecule has 0 bridgehead atoms. The molecular formula is C13H8N2O3. The second kappa shape index (κ2) is 3.66. The normalized spacial score (nSPS) is 10.9. The molecule has 18 heavy (non-hydrogen) atoms. The maximum absolute atomic E-state index is 11.9. The van der Waals surface area contributed by atoms with Crippen molar-refractivity contribution in [1.29, 1.82) is 0 Å². The Balaban J connectivity index is 2.63. The molecule has 0 atom stereocenters. The highest BCUT2D eigenvalue weighted by Gasteiger charge is 2.15. The van der Waals surface area contributed by atoms with Crippen LogP contribution < -0.4 is 5.43 Å². The highest BCUT2D eigenvalue weighted by atomic mass is 16.6. The molecule has 1 aromatic heterocycles. The number of nitrogens with zero attached hydrogens (tertiary/aromatic N) is 1. The first-order valence-corrected chi connectivity index (χ1v) is 5.36. The van der Waals surface area contributed by atoms with Crippen LogP contribution in [0.4, 0.5) is 5.69 Å². The molecule has 3 aromatic rings. The number of nitro groups is 1. The number of nitrogens with one attached hydrogen (secondary N) is 1. The molecule has 0 aliphatic rings. The fourth-order valence-electron chi connectivity index (χ4n) is 2.15. The number of hydrogen-bond acceptors (Lipinski definition) is 3. The van der Waals surface area contributed by atoms with Gasteiger partial charge in [0.2, 0.25) is 0 Å². The molecule has 1 N–H and O–H groups in total. The Morgan fingerprint density at radius 1 is 1.11 bits per heavy atom. The Labute approximate surface area is 101 Å². The van der Waals surface area contributed by atoms with E-state index in [1.807, 2.05) is 12.1 Å². The van der Waals surface area contributed by atoms with Crippen LogP contribution in [0, 0.1) is 10.1 Å². The fourth-order valence-corrected chi connectivity index (χ4v) is 2.15. The number of aromatic nitrogens is 1. The smallest absolute Gasteiger partial charge is 0.277 e. The zero-order valence-electron chi connectivity index (χ0n) is 9.21. The molecule has 0 amide bonds. The van der Waals surface area contributed by atoms with Gasteiger partial charge in [-0.15, -0.1) is 0 Å². The van der Waals surface area contributed by atoms with Gasteiger partial charge in [-0.05, 0) is 23.6 Å². The summed E-state index contributed by atoms with van der Waals surface area (Å²) in [6, 6.07) is 9.53. The molecule has 0 saturated heterocycles. The minimum absolute atomic E-state index is 0.0521. The molecular weight excluding hydrogens is 232 g/mol. The molecule has 0 aliphatic carbocycles.